The smallest absolute Gasteiger partial charge is 0.315 e. The summed E-state index contributed by atoms with van der Waals surface area (Å²) in [5, 5.41) is 6.53. The molecule has 0 fully saturated rings. The van der Waals surface area contributed by atoms with Gasteiger partial charge in [-0.2, -0.15) is 0 Å². The van der Waals surface area contributed by atoms with Crippen LogP contribution in [-0.2, 0) is 0 Å². The van der Waals surface area contributed by atoms with E-state index in [4.69, 9.17) is 11.6 Å². The Morgan fingerprint density at radius 3 is 2.50 bits per heavy atom. The first-order valence-electron chi connectivity index (χ1n) is 7.13. The highest BCUT2D eigenvalue weighted by Crippen LogP contribution is 2.19. The maximum absolute atomic E-state index is 11.8. The number of amides is 2. The van der Waals surface area contributed by atoms with Crippen molar-refractivity contribution in [2.24, 2.45) is 0 Å². The Morgan fingerprint density at radius 1 is 1.14 bits per heavy atom. The van der Waals surface area contributed by atoms with E-state index in [1.807, 2.05) is 61.5 Å². The summed E-state index contributed by atoms with van der Waals surface area (Å²) < 4.78 is 0. The molecule has 2 aromatic rings. The summed E-state index contributed by atoms with van der Waals surface area (Å²) in [5.41, 5.74) is 1.09. The minimum Gasteiger partial charge on any atom is -0.337 e. The van der Waals surface area contributed by atoms with Gasteiger partial charge in [0.15, 0.2) is 0 Å². The van der Waals surface area contributed by atoms with Gasteiger partial charge in [-0.1, -0.05) is 41.9 Å². The van der Waals surface area contributed by atoms with Crippen LogP contribution in [0.15, 0.2) is 59.5 Å². The molecule has 0 aliphatic rings. The number of rotatable bonds is 6. The minimum atomic E-state index is -0.145. The number of hydrogen-bond acceptors (Lipinski definition) is 2. The van der Waals surface area contributed by atoms with Gasteiger partial charge >= 0.3 is 6.03 Å². The van der Waals surface area contributed by atoms with Gasteiger partial charge in [0.2, 0.25) is 0 Å². The summed E-state index contributed by atoms with van der Waals surface area (Å²) in [6.45, 7) is 2.58. The molecule has 0 saturated heterocycles. The summed E-state index contributed by atoms with van der Waals surface area (Å²) in [5.74, 6) is 0.814. The molecule has 3 nitrogen and oxygen atoms in total. The fourth-order valence-corrected chi connectivity index (χ4v) is 2.83. The molecule has 22 heavy (non-hydrogen) atoms. The van der Waals surface area contributed by atoms with Gasteiger partial charge in [0.1, 0.15) is 0 Å². The monoisotopic (exact) mass is 334 g/mol. The van der Waals surface area contributed by atoms with Gasteiger partial charge in [-0.15, -0.1) is 11.8 Å². The lowest BCUT2D eigenvalue weighted by Crippen LogP contribution is -2.38. The van der Waals surface area contributed by atoms with Crippen LogP contribution < -0.4 is 10.6 Å². The van der Waals surface area contributed by atoms with Gasteiger partial charge in [0, 0.05) is 22.2 Å². The highest BCUT2D eigenvalue weighted by molar-refractivity contribution is 7.99. The fraction of sp³-hybridized carbons (Fsp3) is 0.235. The number of carbonyl (C=O) groups is 1. The molecule has 0 heterocycles. The maximum Gasteiger partial charge on any atom is 0.315 e. The Hall–Kier alpha value is -1.65. The minimum absolute atomic E-state index is 0.00915. The largest absolute Gasteiger partial charge is 0.337 e. The van der Waals surface area contributed by atoms with Gasteiger partial charge in [0.25, 0.3) is 0 Å². The van der Waals surface area contributed by atoms with Crippen molar-refractivity contribution in [2.45, 2.75) is 17.9 Å². The number of nitrogens with one attached hydrogen (secondary N) is 2. The van der Waals surface area contributed by atoms with Crippen molar-refractivity contribution in [2.75, 3.05) is 12.3 Å². The van der Waals surface area contributed by atoms with Gasteiger partial charge in [-0.25, -0.2) is 4.79 Å². The molecule has 1 unspecified atom stereocenters. The second-order valence-corrected chi connectivity index (χ2v) is 6.44. The summed E-state index contributed by atoms with van der Waals surface area (Å²) >= 11 is 7.52. The quantitative estimate of drug-likeness (QED) is 0.603. The van der Waals surface area contributed by atoms with Crippen molar-refractivity contribution >= 4 is 29.4 Å². The van der Waals surface area contributed by atoms with Crippen LogP contribution in [0.3, 0.4) is 0 Å². The molecule has 0 aromatic heterocycles. The van der Waals surface area contributed by atoms with Crippen LogP contribution in [-0.4, -0.2) is 18.3 Å². The molecule has 5 heteroatoms. The van der Waals surface area contributed by atoms with E-state index in [0.29, 0.717) is 6.54 Å². The third-order valence-electron chi connectivity index (χ3n) is 3.12. The van der Waals surface area contributed by atoms with Crippen molar-refractivity contribution in [3.8, 4) is 0 Å². The number of thioether (sulfide) groups is 1. The average molecular weight is 335 g/mol. The predicted octanol–water partition coefficient (Wildman–Crippen LogP) is 4.49. The van der Waals surface area contributed by atoms with Gasteiger partial charge in [-0.05, 0) is 36.8 Å². The van der Waals surface area contributed by atoms with Crippen LogP contribution in [0.2, 0.25) is 5.02 Å². The molecule has 116 valence electrons. The highest BCUT2D eigenvalue weighted by atomic mass is 35.5. The van der Waals surface area contributed by atoms with E-state index >= 15 is 0 Å². The molecule has 0 radical (unpaired) electrons. The number of carbonyl (C=O) groups excluding carboxylic acids is 1. The Bertz CT molecular complexity index is 589. The number of halogens is 1. The Balaban J connectivity index is 1.66. The van der Waals surface area contributed by atoms with Crippen LogP contribution in [0.4, 0.5) is 4.79 Å². The highest BCUT2D eigenvalue weighted by Gasteiger charge is 2.08. The van der Waals surface area contributed by atoms with E-state index in [1.54, 1.807) is 11.8 Å². The van der Waals surface area contributed by atoms with Crippen LogP contribution in [0.25, 0.3) is 0 Å². The molecule has 0 bridgehead atoms. The summed E-state index contributed by atoms with van der Waals surface area (Å²) in [6.07, 6.45) is 0. The van der Waals surface area contributed by atoms with Crippen LogP contribution in [0, 0.1) is 0 Å². The van der Waals surface area contributed by atoms with E-state index in [0.717, 1.165) is 21.2 Å². The van der Waals surface area contributed by atoms with Crippen molar-refractivity contribution < 1.29 is 4.79 Å². The third kappa shape index (κ3) is 5.62. The van der Waals surface area contributed by atoms with Crippen molar-refractivity contribution in [3.63, 3.8) is 0 Å². The number of hydrogen-bond donors (Lipinski definition) is 2. The second-order valence-electron chi connectivity index (χ2n) is 4.83. The lowest BCUT2D eigenvalue weighted by atomic mass is 10.1. The number of benzene rings is 2. The zero-order valence-corrected chi connectivity index (χ0v) is 14.0. The van der Waals surface area contributed by atoms with E-state index in [2.05, 4.69) is 10.6 Å². The molecule has 2 aromatic carbocycles. The normalized spacial score (nSPS) is 11.7. The Morgan fingerprint density at radius 2 is 1.82 bits per heavy atom. The zero-order chi connectivity index (χ0) is 15.8. The molecule has 2 amide bonds. The lowest BCUT2D eigenvalue weighted by Gasteiger charge is -2.14. The molecule has 0 saturated carbocycles. The van der Waals surface area contributed by atoms with E-state index < -0.39 is 0 Å². The van der Waals surface area contributed by atoms with Crippen molar-refractivity contribution in [3.05, 3.63) is 65.2 Å². The van der Waals surface area contributed by atoms with Crippen molar-refractivity contribution in [1.82, 2.24) is 10.6 Å². The molecular weight excluding hydrogens is 316 g/mol. The second kappa shape index (κ2) is 8.71. The third-order valence-corrected chi connectivity index (χ3v) is 4.38. The first-order valence-corrected chi connectivity index (χ1v) is 8.49. The van der Waals surface area contributed by atoms with E-state index in [9.17, 15) is 4.79 Å². The molecule has 2 rings (SSSR count). The summed E-state index contributed by atoms with van der Waals surface area (Å²) in [7, 11) is 0. The molecule has 0 aliphatic carbocycles. The topological polar surface area (TPSA) is 41.1 Å². The average Bonchev–Trinajstić information content (AvgIpc) is 2.54. The first-order chi connectivity index (χ1) is 10.6. The van der Waals surface area contributed by atoms with Gasteiger partial charge in [-0.3, -0.25) is 0 Å². The Kier molecular flexibility index (Phi) is 6.62. The number of urea groups is 1. The predicted molar refractivity (Wildman–Crippen MR) is 93.6 cm³/mol. The van der Waals surface area contributed by atoms with Crippen molar-refractivity contribution in [1.29, 1.82) is 0 Å². The molecule has 0 aliphatic heterocycles. The SMILES string of the molecule is CC(NC(=O)NCCSc1ccc(Cl)cc1)c1ccccc1. The molecule has 0 spiro atoms. The molecular formula is C17H19ClN2OS. The first kappa shape index (κ1) is 16.7. The molecule has 2 N–H and O–H groups in total. The van der Waals surface area contributed by atoms with Gasteiger partial charge < -0.3 is 10.6 Å². The maximum atomic E-state index is 11.8. The van der Waals surface area contributed by atoms with Crippen LogP contribution in [0.1, 0.15) is 18.5 Å². The summed E-state index contributed by atoms with van der Waals surface area (Å²) in [4.78, 5) is 13.0. The molecule has 1 atom stereocenters. The summed E-state index contributed by atoms with van der Waals surface area (Å²) in [6, 6.07) is 17.4. The zero-order valence-electron chi connectivity index (χ0n) is 12.4. The van der Waals surface area contributed by atoms with E-state index in [-0.39, 0.29) is 12.1 Å². The fourth-order valence-electron chi connectivity index (χ4n) is 1.94. The standard InChI is InChI=1S/C17H19ClN2OS/c1-13(14-5-3-2-4-6-14)20-17(21)19-11-12-22-16-9-7-15(18)8-10-16/h2-10,13H,11-12H2,1H3,(H2,19,20,21). The Labute approximate surface area is 140 Å². The van der Waals surface area contributed by atoms with Crippen LogP contribution >= 0.6 is 23.4 Å². The van der Waals surface area contributed by atoms with Gasteiger partial charge in [0.05, 0.1) is 6.04 Å². The van der Waals surface area contributed by atoms with E-state index in [1.165, 1.54) is 0 Å². The van der Waals surface area contributed by atoms with Crippen LogP contribution in [0.5, 0.6) is 0 Å². The lowest BCUT2D eigenvalue weighted by molar-refractivity contribution is 0.238.